The van der Waals surface area contributed by atoms with Gasteiger partial charge in [0, 0.05) is 0 Å². The van der Waals surface area contributed by atoms with Crippen LogP contribution in [0.15, 0.2) is 11.6 Å². The number of rotatable bonds is 7. The second-order valence-electron chi connectivity index (χ2n) is 12.3. The van der Waals surface area contributed by atoms with Crippen LogP contribution in [0.3, 0.4) is 0 Å². The Balaban J connectivity index is 1.66. The molecule has 0 aromatic rings. The van der Waals surface area contributed by atoms with Crippen molar-refractivity contribution in [1.29, 1.82) is 0 Å². The van der Waals surface area contributed by atoms with Gasteiger partial charge >= 0.3 is 0 Å². The fourth-order valence-corrected chi connectivity index (χ4v) is 7.33. The Bertz CT molecular complexity index is 588. The third-order valence-corrected chi connectivity index (χ3v) is 9.81. The van der Waals surface area contributed by atoms with Crippen molar-refractivity contribution in [2.24, 2.45) is 34.5 Å². The van der Waals surface area contributed by atoms with E-state index in [-0.39, 0.29) is 6.10 Å². The maximum atomic E-state index is 10.2. The van der Waals surface area contributed by atoms with Crippen LogP contribution >= 0.6 is 0 Å². The monoisotopic (exact) mass is 404 g/mol. The SMILES string of the molecule is C[C@H](CCC(C)(C)O)[C@H]1CC[C@@H](C)[C@]1(C)CC[C@H]1CCC=C2C[C@@H](O)CC[C@@]21C. The molecule has 0 aromatic heterocycles. The highest BCUT2D eigenvalue weighted by Gasteiger charge is 2.48. The average Bonchev–Trinajstić information content (AvgIpc) is 2.93. The lowest BCUT2D eigenvalue weighted by Gasteiger charge is -2.49. The summed E-state index contributed by atoms with van der Waals surface area (Å²) >= 11 is 0. The van der Waals surface area contributed by atoms with Crippen LogP contribution in [0.5, 0.6) is 0 Å². The largest absolute Gasteiger partial charge is 0.393 e. The highest BCUT2D eigenvalue weighted by atomic mass is 16.3. The van der Waals surface area contributed by atoms with Crippen LogP contribution in [-0.4, -0.2) is 21.9 Å². The summed E-state index contributed by atoms with van der Waals surface area (Å²) in [6.45, 7) is 13.9. The average molecular weight is 405 g/mol. The summed E-state index contributed by atoms with van der Waals surface area (Å²) in [6, 6.07) is 0. The fourth-order valence-electron chi connectivity index (χ4n) is 7.33. The zero-order valence-corrected chi connectivity index (χ0v) is 20.1. The van der Waals surface area contributed by atoms with Gasteiger partial charge in [0.2, 0.25) is 0 Å². The molecule has 0 bridgehead atoms. The number of aliphatic hydroxyl groups excluding tert-OH is 1. The quantitative estimate of drug-likeness (QED) is 0.453. The van der Waals surface area contributed by atoms with Gasteiger partial charge in [-0.15, -0.1) is 0 Å². The Hall–Kier alpha value is -0.340. The Kier molecular flexibility index (Phi) is 6.96. The van der Waals surface area contributed by atoms with E-state index in [2.05, 4.69) is 33.8 Å². The van der Waals surface area contributed by atoms with Gasteiger partial charge < -0.3 is 10.2 Å². The van der Waals surface area contributed by atoms with Gasteiger partial charge in [-0.3, -0.25) is 0 Å². The molecule has 2 fully saturated rings. The maximum Gasteiger partial charge on any atom is 0.0591 e. The lowest BCUT2D eigenvalue weighted by Crippen LogP contribution is -2.39. The Labute approximate surface area is 180 Å². The van der Waals surface area contributed by atoms with Crippen LogP contribution in [0.1, 0.15) is 112 Å². The molecule has 3 rings (SSSR count). The smallest absolute Gasteiger partial charge is 0.0591 e. The molecule has 0 radical (unpaired) electrons. The molecule has 0 spiro atoms. The predicted molar refractivity (Wildman–Crippen MR) is 123 cm³/mol. The van der Waals surface area contributed by atoms with Crippen molar-refractivity contribution >= 4 is 0 Å². The van der Waals surface area contributed by atoms with Crippen molar-refractivity contribution in [2.75, 3.05) is 0 Å². The van der Waals surface area contributed by atoms with E-state index in [1.165, 1.54) is 44.9 Å². The standard InChI is InChI=1S/C27H48O2/c1-19(12-15-25(3,4)29)24-11-10-20(2)26(24,5)16-13-21-8-7-9-22-18-23(28)14-17-27(21,22)6/h9,19-21,23-24,28-29H,7-8,10-18H2,1-6H3/t19-,20-,21-,23+,24-,26+,27-/m1/s1. The molecule has 2 saturated carbocycles. The molecule has 168 valence electrons. The van der Waals surface area contributed by atoms with Gasteiger partial charge in [0.1, 0.15) is 0 Å². The first-order valence-electron chi connectivity index (χ1n) is 12.6. The lowest BCUT2D eigenvalue weighted by atomic mass is 9.57. The molecule has 0 heterocycles. The van der Waals surface area contributed by atoms with Crippen molar-refractivity contribution in [3.05, 3.63) is 11.6 Å². The highest BCUT2D eigenvalue weighted by molar-refractivity contribution is 5.22. The van der Waals surface area contributed by atoms with E-state index in [1.807, 2.05) is 13.8 Å². The first kappa shape index (κ1) is 23.3. The summed E-state index contributed by atoms with van der Waals surface area (Å²) in [4.78, 5) is 0. The Morgan fingerprint density at radius 2 is 1.90 bits per heavy atom. The number of hydrogen-bond acceptors (Lipinski definition) is 2. The van der Waals surface area contributed by atoms with Crippen LogP contribution < -0.4 is 0 Å². The van der Waals surface area contributed by atoms with Gasteiger partial charge in [0.25, 0.3) is 0 Å². The van der Waals surface area contributed by atoms with E-state index >= 15 is 0 Å². The Morgan fingerprint density at radius 3 is 2.59 bits per heavy atom. The van der Waals surface area contributed by atoms with Crippen LogP contribution in [0.25, 0.3) is 0 Å². The van der Waals surface area contributed by atoms with Gasteiger partial charge in [-0.1, -0.05) is 39.3 Å². The summed E-state index contributed by atoms with van der Waals surface area (Å²) < 4.78 is 0. The van der Waals surface area contributed by atoms with Crippen molar-refractivity contribution in [3.63, 3.8) is 0 Å². The van der Waals surface area contributed by atoms with Gasteiger partial charge in [-0.05, 0) is 119 Å². The second kappa shape index (κ2) is 8.65. The van der Waals surface area contributed by atoms with Crippen LogP contribution in [0.2, 0.25) is 0 Å². The van der Waals surface area contributed by atoms with E-state index < -0.39 is 5.60 Å². The topological polar surface area (TPSA) is 40.5 Å². The fraction of sp³-hybridized carbons (Fsp3) is 0.926. The molecule has 7 atom stereocenters. The molecular formula is C27H48O2. The second-order valence-corrected chi connectivity index (χ2v) is 12.3. The molecule has 0 aliphatic heterocycles. The summed E-state index contributed by atoms with van der Waals surface area (Å²) in [5, 5.41) is 20.4. The molecule has 2 nitrogen and oxygen atoms in total. The lowest BCUT2D eigenvalue weighted by molar-refractivity contribution is 0.0369. The normalized spacial score (nSPS) is 41.7. The molecule has 0 aromatic carbocycles. The summed E-state index contributed by atoms with van der Waals surface area (Å²) in [5.41, 5.74) is 1.79. The van der Waals surface area contributed by atoms with Crippen molar-refractivity contribution in [2.45, 2.75) is 124 Å². The Morgan fingerprint density at radius 1 is 1.17 bits per heavy atom. The zero-order chi connectivity index (χ0) is 21.4. The van der Waals surface area contributed by atoms with E-state index in [1.54, 1.807) is 5.57 Å². The molecule has 3 aliphatic rings. The first-order valence-corrected chi connectivity index (χ1v) is 12.6. The molecule has 29 heavy (non-hydrogen) atoms. The van der Waals surface area contributed by atoms with Crippen molar-refractivity contribution < 1.29 is 10.2 Å². The molecule has 2 heteroatoms. The molecule has 2 N–H and O–H groups in total. The minimum absolute atomic E-state index is 0.110. The van der Waals surface area contributed by atoms with Crippen LogP contribution in [0, 0.1) is 34.5 Å². The molecule has 0 unspecified atom stereocenters. The van der Waals surface area contributed by atoms with Gasteiger partial charge in [0.05, 0.1) is 11.7 Å². The molecule has 0 amide bonds. The third-order valence-electron chi connectivity index (χ3n) is 9.81. The van der Waals surface area contributed by atoms with Crippen LogP contribution in [-0.2, 0) is 0 Å². The highest BCUT2D eigenvalue weighted by Crippen LogP contribution is 2.57. The van der Waals surface area contributed by atoms with E-state index in [0.29, 0.717) is 16.7 Å². The van der Waals surface area contributed by atoms with Crippen LogP contribution in [0.4, 0.5) is 0 Å². The van der Waals surface area contributed by atoms with E-state index in [4.69, 9.17) is 0 Å². The predicted octanol–water partition coefficient (Wildman–Crippen LogP) is 6.89. The van der Waals surface area contributed by atoms with Gasteiger partial charge in [-0.2, -0.15) is 0 Å². The van der Waals surface area contributed by atoms with Gasteiger partial charge in [0.15, 0.2) is 0 Å². The molecule has 3 aliphatic carbocycles. The zero-order valence-electron chi connectivity index (χ0n) is 20.1. The number of aliphatic hydroxyl groups is 2. The van der Waals surface area contributed by atoms with Crippen molar-refractivity contribution in [3.8, 4) is 0 Å². The minimum atomic E-state index is -0.542. The van der Waals surface area contributed by atoms with Crippen molar-refractivity contribution in [1.82, 2.24) is 0 Å². The minimum Gasteiger partial charge on any atom is -0.393 e. The summed E-state index contributed by atoms with van der Waals surface area (Å²) in [6.07, 6.45) is 15.4. The number of hydrogen-bond donors (Lipinski definition) is 2. The molecular weight excluding hydrogens is 356 g/mol. The maximum absolute atomic E-state index is 10.2. The van der Waals surface area contributed by atoms with E-state index in [0.717, 1.165) is 43.4 Å². The third kappa shape index (κ3) is 4.95. The van der Waals surface area contributed by atoms with E-state index in [9.17, 15) is 10.2 Å². The molecule has 0 saturated heterocycles. The van der Waals surface area contributed by atoms with Gasteiger partial charge in [-0.25, -0.2) is 0 Å². The number of allylic oxidation sites excluding steroid dienone is 1. The summed E-state index contributed by atoms with van der Waals surface area (Å²) in [5.74, 6) is 3.07. The summed E-state index contributed by atoms with van der Waals surface area (Å²) in [7, 11) is 0. The number of fused-ring (bicyclic) bond motifs is 1. The first-order chi connectivity index (χ1) is 13.5.